The van der Waals surface area contributed by atoms with Crippen LogP contribution in [-0.4, -0.2) is 40.7 Å². The second-order valence-corrected chi connectivity index (χ2v) is 7.25. The van der Waals surface area contributed by atoms with Crippen molar-refractivity contribution in [1.82, 2.24) is 14.7 Å². The molecule has 1 aliphatic rings. The summed E-state index contributed by atoms with van der Waals surface area (Å²) in [5.74, 6) is -0.0315. The summed E-state index contributed by atoms with van der Waals surface area (Å²) in [6.07, 6.45) is 4.73. The SMILES string of the molecule is O=C(Cc1cn2ccsc2n1)N[C@@H]1CCOC[C@H]1OCc1ccccc1. The van der Waals surface area contributed by atoms with E-state index in [1.165, 1.54) is 0 Å². The van der Waals surface area contributed by atoms with Gasteiger partial charge >= 0.3 is 0 Å². The number of thiazole rings is 1. The largest absolute Gasteiger partial charge is 0.379 e. The Kier molecular flexibility index (Phi) is 5.29. The molecule has 1 N–H and O–H groups in total. The average molecular weight is 371 g/mol. The summed E-state index contributed by atoms with van der Waals surface area (Å²) < 4.78 is 13.5. The first-order valence-corrected chi connectivity index (χ1v) is 9.59. The monoisotopic (exact) mass is 371 g/mol. The van der Waals surface area contributed by atoms with Crippen LogP contribution in [0.5, 0.6) is 0 Å². The van der Waals surface area contributed by atoms with Crippen LogP contribution in [0.25, 0.3) is 4.96 Å². The molecule has 7 heteroatoms. The normalized spacial score (nSPS) is 20.3. The van der Waals surface area contributed by atoms with Gasteiger partial charge in [0.25, 0.3) is 0 Å². The topological polar surface area (TPSA) is 64.9 Å². The van der Waals surface area contributed by atoms with Crippen molar-refractivity contribution in [2.75, 3.05) is 13.2 Å². The molecule has 136 valence electrons. The van der Waals surface area contributed by atoms with E-state index in [0.717, 1.165) is 22.6 Å². The van der Waals surface area contributed by atoms with Gasteiger partial charge in [-0.3, -0.25) is 9.20 Å². The van der Waals surface area contributed by atoms with Gasteiger partial charge in [-0.1, -0.05) is 30.3 Å². The quantitative estimate of drug-likeness (QED) is 0.723. The van der Waals surface area contributed by atoms with Gasteiger partial charge in [0.1, 0.15) is 6.10 Å². The number of imidazole rings is 1. The lowest BCUT2D eigenvalue weighted by atomic mass is 10.1. The number of rotatable bonds is 6. The maximum Gasteiger partial charge on any atom is 0.226 e. The summed E-state index contributed by atoms with van der Waals surface area (Å²) in [7, 11) is 0. The third-order valence-corrected chi connectivity index (χ3v) is 5.21. The first-order valence-electron chi connectivity index (χ1n) is 8.71. The number of hydrogen-bond donors (Lipinski definition) is 1. The third-order valence-electron chi connectivity index (χ3n) is 4.44. The third kappa shape index (κ3) is 4.12. The minimum Gasteiger partial charge on any atom is -0.379 e. The summed E-state index contributed by atoms with van der Waals surface area (Å²) >= 11 is 1.56. The number of carbonyl (C=O) groups is 1. The molecular formula is C19H21N3O3S. The molecule has 4 rings (SSSR count). The van der Waals surface area contributed by atoms with Gasteiger partial charge in [0.2, 0.25) is 5.91 Å². The molecule has 1 amide bonds. The van der Waals surface area contributed by atoms with Crippen molar-refractivity contribution in [3.8, 4) is 0 Å². The summed E-state index contributed by atoms with van der Waals surface area (Å²) in [6, 6.07) is 9.99. The van der Waals surface area contributed by atoms with E-state index in [0.29, 0.717) is 19.8 Å². The van der Waals surface area contributed by atoms with Crippen molar-refractivity contribution in [2.45, 2.75) is 31.6 Å². The predicted octanol–water partition coefficient (Wildman–Crippen LogP) is 2.43. The molecule has 3 aromatic rings. The van der Waals surface area contributed by atoms with E-state index >= 15 is 0 Å². The van der Waals surface area contributed by atoms with E-state index in [9.17, 15) is 4.79 Å². The Labute approximate surface area is 155 Å². The number of nitrogens with one attached hydrogen (secondary N) is 1. The molecule has 0 bridgehead atoms. The number of ether oxygens (including phenoxy) is 2. The maximum absolute atomic E-state index is 12.4. The van der Waals surface area contributed by atoms with Crippen LogP contribution < -0.4 is 5.32 Å². The van der Waals surface area contributed by atoms with Gasteiger partial charge in [-0.2, -0.15) is 0 Å². The molecule has 0 aliphatic carbocycles. The smallest absolute Gasteiger partial charge is 0.226 e. The van der Waals surface area contributed by atoms with Crippen molar-refractivity contribution >= 4 is 22.2 Å². The molecule has 6 nitrogen and oxygen atoms in total. The first-order chi connectivity index (χ1) is 12.8. The molecule has 2 atom stereocenters. The van der Waals surface area contributed by atoms with E-state index in [1.807, 2.05) is 52.5 Å². The standard InChI is InChI=1S/C19H21N3O3S/c23-18(10-15-11-22-7-9-26-19(22)20-15)21-16-6-8-24-13-17(16)25-12-14-4-2-1-3-5-14/h1-5,7,9,11,16-17H,6,8,10,12-13H2,(H,21,23)/t16-,17-/m1/s1. The highest BCUT2D eigenvalue weighted by Gasteiger charge is 2.28. The second-order valence-electron chi connectivity index (χ2n) is 6.37. The molecule has 0 unspecified atom stereocenters. The molecule has 1 aliphatic heterocycles. The van der Waals surface area contributed by atoms with Crippen molar-refractivity contribution in [2.24, 2.45) is 0 Å². The van der Waals surface area contributed by atoms with Crippen LogP contribution in [0.4, 0.5) is 0 Å². The molecule has 0 spiro atoms. The Morgan fingerprint density at radius 2 is 2.27 bits per heavy atom. The number of benzene rings is 1. The van der Waals surface area contributed by atoms with Crippen molar-refractivity contribution in [1.29, 1.82) is 0 Å². The van der Waals surface area contributed by atoms with Crippen LogP contribution >= 0.6 is 11.3 Å². The fourth-order valence-electron chi connectivity index (χ4n) is 3.10. The number of fused-ring (bicyclic) bond motifs is 1. The van der Waals surface area contributed by atoms with Crippen molar-refractivity contribution < 1.29 is 14.3 Å². The molecule has 3 heterocycles. The highest BCUT2D eigenvalue weighted by molar-refractivity contribution is 7.15. The Morgan fingerprint density at radius 3 is 3.12 bits per heavy atom. The number of carbonyl (C=O) groups excluding carboxylic acids is 1. The van der Waals surface area contributed by atoms with Crippen LogP contribution in [0, 0.1) is 0 Å². The maximum atomic E-state index is 12.4. The van der Waals surface area contributed by atoms with Crippen LogP contribution in [0.2, 0.25) is 0 Å². The summed E-state index contributed by atoms with van der Waals surface area (Å²) in [4.78, 5) is 17.8. The van der Waals surface area contributed by atoms with E-state index in [1.54, 1.807) is 11.3 Å². The van der Waals surface area contributed by atoms with E-state index in [2.05, 4.69) is 10.3 Å². The average Bonchev–Trinajstić information content (AvgIpc) is 3.23. The number of amides is 1. The lowest BCUT2D eigenvalue weighted by molar-refractivity contribution is -0.126. The number of aromatic nitrogens is 2. The summed E-state index contributed by atoms with van der Waals surface area (Å²) in [5, 5.41) is 5.08. The fourth-order valence-corrected chi connectivity index (χ4v) is 3.82. The Balaban J connectivity index is 1.33. The van der Waals surface area contributed by atoms with Gasteiger partial charge in [0, 0.05) is 24.4 Å². The van der Waals surface area contributed by atoms with Crippen LogP contribution in [-0.2, 0) is 27.3 Å². The first kappa shape index (κ1) is 17.2. The molecule has 26 heavy (non-hydrogen) atoms. The van der Waals surface area contributed by atoms with Gasteiger partial charge in [0.15, 0.2) is 4.96 Å². The zero-order valence-corrected chi connectivity index (χ0v) is 15.2. The molecule has 1 aromatic carbocycles. The van der Waals surface area contributed by atoms with Crippen molar-refractivity contribution in [3.63, 3.8) is 0 Å². The minimum atomic E-state index is -0.140. The molecular weight excluding hydrogens is 350 g/mol. The molecule has 2 aromatic heterocycles. The van der Waals surface area contributed by atoms with E-state index in [4.69, 9.17) is 9.47 Å². The minimum absolute atomic E-state index is 0.0315. The zero-order chi connectivity index (χ0) is 17.8. The fraction of sp³-hybridized carbons (Fsp3) is 0.368. The highest BCUT2D eigenvalue weighted by Crippen LogP contribution is 2.15. The predicted molar refractivity (Wildman–Crippen MR) is 99.2 cm³/mol. The highest BCUT2D eigenvalue weighted by atomic mass is 32.1. The lowest BCUT2D eigenvalue weighted by Gasteiger charge is -2.32. The van der Waals surface area contributed by atoms with E-state index in [-0.39, 0.29) is 24.5 Å². The van der Waals surface area contributed by atoms with Crippen LogP contribution in [0.1, 0.15) is 17.7 Å². The van der Waals surface area contributed by atoms with Crippen molar-refractivity contribution in [3.05, 3.63) is 59.4 Å². The van der Waals surface area contributed by atoms with Gasteiger partial charge in [-0.15, -0.1) is 11.3 Å². The Bertz CT molecular complexity index is 833. The molecule has 0 radical (unpaired) electrons. The van der Waals surface area contributed by atoms with Gasteiger partial charge in [-0.25, -0.2) is 4.98 Å². The zero-order valence-electron chi connectivity index (χ0n) is 14.3. The number of hydrogen-bond acceptors (Lipinski definition) is 5. The van der Waals surface area contributed by atoms with Gasteiger partial charge in [-0.05, 0) is 12.0 Å². The molecule has 1 saturated heterocycles. The van der Waals surface area contributed by atoms with Crippen LogP contribution in [0.3, 0.4) is 0 Å². The Hall–Kier alpha value is -2.22. The van der Waals surface area contributed by atoms with Gasteiger partial charge < -0.3 is 14.8 Å². The summed E-state index contributed by atoms with van der Waals surface area (Å²) in [6.45, 7) is 1.65. The van der Waals surface area contributed by atoms with E-state index < -0.39 is 0 Å². The Morgan fingerprint density at radius 1 is 1.38 bits per heavy atom. The number of nitrogens with zero attached hydrogens (tertiary/aromatic N) is 2. The lowest BCUT2D eigenvalue weighted by Crippen LogP contribution is -2.50. The second kappa shape index (κ2) is 7.99. The molecule has 1 fully saturated rings. The molecule has 0 saturated carbocycles. The summed E-state index contributed by atoms with van der Waals surface area (Å²) in [5.41, 5.74) is 1.89. The van der Waals surface area contributed by atoms with Crippen LogP contribution in [0.15, 0.2) is 48.1 Å². The van der Waals surface area contributed by atoms with Gasteiger partial charge in [0.05, 0.1) is 31.4 Å².